The second kappa shape index (κ2) is 5.68. The molecule has 106 valence electrons. The molecule has 2 heterocycles. The third-order valence-corrected chi connectivity index (χ3v) is 3.25. The predicted molar refractivity (Wildman–Crippen MR) is 74.1 cm³/mol. The fraction of sp³-hybridized carbons (Fsp3) is 0.385. The second-order valence-corrected chi connectivity index (χ2v) is 4.91. The Morgan fingerprint density at radius 1 is 1.40 bits per heavy atom. The molecule has 20 heavy (non-hydrogen) atoms. The largest absolute Gasteiger partial charge is 0.454 e. The van der Waals surface area contributed by atoms with Crippen LogP contribution in [0.15, 0.2) is 18.3 Å². The normalized spacial score (nSPS) is 12.9. The fourth-order valence-electron chi connectivity index (χ4n) is 2.05. The number of benzene rings is 1. The molecule has 0 radical (unpaired) electrons. The number of halogens is 1. The van der Waals surface area contributed by atoms with Gasteiger partial charge in [0.15, 0.2) is 11.5 Å². The molecule has 1 aromatic carbocycles. The standard InChI is InChI=1S/C13H15ClN4O2/c1-2-15-5-10-7-18(17-16-10)6-9-3-11(14)13-12(4-9)19-8-20-13/h3-4,7,15H,2,5-6,8H2,1H3. The highest BCUT2D eigenvalue weighted by Gasteiger charge is 2.18. The Balaban J connectivity index is 1.74. The average Bonchev–Trinajstić information content (AvgIpc) is 3.05. The van der Waals surface area contributed by atoms with E-state index in [0.29, 0.717) is 23.1 Å². The molecule has 0 unspecified atom stereocenters. The lowest BCUT2D eigenvalue weighted by molar-refractivity contribution is 0.174. The van der Waals surface area contributed by atoms with Gasteiger partial charge in [-0.25, -0.2) is 4.68 Å². The Morgan fingerprint density at radius 2 is 2.30 bits per heavy atom. The van der Waals surface area contributed by atoms with Crippen LogP contribution in [-0.2, 0) is 13.1 Å². The Kier molecular flexibility index (Phi) is 3.75. The molecule has 1 aliphatic rings. The topological polar surface area (TPSA) is 61.2 Å². The first-order valence-corrected chi connectivity index (χ1v) is 6.82. The highest BCUT2D eigenvalue weighted by atomic mass is 35.5. The Hall–Kier alpha value is -1.79. The molecule has 1 N–H and O–H groups in total. The van der Waals surface area contributed by atoms with Gasteiger partial charge in [-0.3, -0.25) is 0 Å². The van der Waals surface area contributed by atoms with Crippen molar-refractivity contribution in [1.29, 1.82) is 0 Å². The quantitative estimate of drug-likeness (QED) is 0.911. The molecule has 0 fully saturated rings. The first kappa shape index (κ1) is 13.2. The summed E-state index contributed by atoms with van der Waals surface area (Å²) in [5, 5.41) is 12.0. The van der Waals surface area contributed by atoms with Crippen molar-refractivity contribution in [2.45, 2.75) is 20.0 Å². The molecule has 1 aromatic heterocycles. The van der Waals surface area contributed by atoms with E-state index >= 15 is 0 Å². The molecule has 1 aliphatic heterocycles. The molecule has 0 spiro atoms. The van der Waals surface area contributed by atoms with Crippen molar-refractivity contribution >= 4 is 11.6 Å². The Labute approximate surface area is 121 Å². The van der Waals surface area contributed by atoms with Crippen LogP contribution in [0.1, 0.15) is 18.2 Å². The van der Waals surface area contributed by atoms with E-state index in [1.165, 1.54) is 0 Å². The van der Waals surface area contributed by atoms with Crippen LogP contribution in [0.4, 0.5) is 0 Å². The minimum absolute atomic E-state index is 0.217. The van der Waals surface area contributed by atoms with E-state index in [-0.39, 0.29) is 6.79 Å². The monoisotopic (exact) mass is 294 g/mol. The minimum Gasteiger partial charge on any atom is -0.454 e. The van der Waals surface area contributed by atoms with Crippen molar-refractivity contribution in [1.82, 2.24) is 20.3 Å². The molecule has 0 aliphatic carbocycles. The Bertz CT molecular complexity index is 614. The van der Waals surface area contributed by atoms with Crippen LogP contribution in [0.3, 0.4) is 0 Å². The maximum absolute atomic E-state index is 6.15. The van der Waals surface area contributed by atoms with E-state index in [0.717, 1.165) is 24.3 Å². The number of rotatable bonds is 5. The zero-order valence-corrected chi connectivity index (χ0v) is 11.9. The van der Waals surface area contributed by atoms with Crippen LogP contribution in [0.2, 0.25) is 5.02 Å². The number of ether oxygens (including phenoxy) is 2. The van der Waals surface area contributed by atoms with Crippen molar-refractivity contribution in [2.75, 3.05) is 13.3 Å². The summed E-state index contributed by atoms with van der Waals surface area (Å²) >= 11 is 6.15. The predicted octanol–water partition coefficient (Wildman–Crippen LogP) is 1.82. The summed E-state index contributed by atoms with van der Waals surface area (Å²) in [6, 6.07) is 3.78. The van der Waals surface area contributed by atoms with Gasteiger partial charge in [0.05, 0.1) is 23.5 Å². The van der Waals surface area contributed by atoms with Gasteiger partial charge < -0.3 is 14.8 Å². The van der Waals surface area contributed by atoms with E-state index in [2.05, 4.69) is 22.6 Å². The molecule has 6 nitrogen and oxygen atoms in total. The van der Waals surface area contributed by atoms with Crippen LogP contribution in [0.5, 0.6) is 11.5 Å². The van der Waals surface area contributed by atoms with Gasteiger partial charge in [-0.2, -0.15) is 0 Å². The second-order valence-electron chi connectivity index (χ2n) is 4.50. The van der Waals surface area contributed by atoms with Crippen LogP contribution in [0.25, 0.3) is 0 Å². The summed E-state index contributed by atoms with van der Waals surface area (Å²) in [6.07, 6.45) is 1.92. The lowest BCUT2D eigenvalue weighted by atomic mass is 10.2. The lowest BCUT2D eigenvalue weighted by Gasteiger charge is -2.04. The molecule has 3 rings (SSSR count). The molecular weight excluding hydrogens is 280 g/mol. The molecule has 0 amide bonds. The molecule has 2 aromatic rings. The SMILES string of the molecule is CCNCc1cn(Cc2cc(Cl)c3c(c2)OCO3)nn1. The molecular formula is C13H15ClN4O2. The van der Waals surface area contributed by atoms with Gasteiger partial charge in [-0.15, -0.1) is 5.10 Å². The van der Waals surface area contributed by atoms with E-state index in [9.17, 15) is 0 Å². The van der Waals surface area contributed by atoms with Crippen LogP contribution < -0.4 is 14.8 Å². The number of aromatic nitrogens is 3. The molecule has 7 heteroatoms. The maximum atomic E-state index is 6.15. The number of fused-ring (bicyclic) bond motifs is 1. The number of hydrogen-bond donors (Lipinski definition) is 1. The summed E-state index contributed by atoms with van der Waals surface area (Å²) in [5.74, 6) is 1.29. The third-order valence-electron chi connectivity index (χ3n) is 2.97. The van der Waals surface area contributed by atoms with Crippen molar-refractivity contribution in [3.05, 3.63) is 34.6 Å². The van der Waals surface area contributed by atoms with Crippen molar-refractivity contribution < 1.29 is 9.47 Å². The van der Waals surface area contributed by atoms with Crippen molar-refractivity contribution in [2.24, 2.45) is 0 Å². The fourth-order valence-corrected chi connectivity index (χ4v) is 2.34. The number of nitrogens with zero attached hydrogens (tertiary/aromatic N) is 3. The van der Waals surface area contributed by atoms with Crippen molar-refractivity contribution in [3.8, 4) is 11.5 Å². The van der Waals surface area contributed by atoms with E-state index in [1.54, 1.807) is 4.68 Å². The smallest absolute Gasteiger partial charge is 0.231 e. The summed E-state index contributed by atoms with van der Waals surface area (Å²) in [7, 11) is 0. The van der Waals surface area contributed by atoms with Crippen LogP contribution in [0, 0.1) is 0 Å². The van der Waals surface area contributed by atoms with E-state index in [1.807, 2.05) is 18.3 Å². The van der Waals surface area contributed by atoms with Crippen molar-refractivity contribution in [3.63, 3.8) is 0 Å². The summed E-state index contributed by atoms with van der Waals surface area (Å²) in [6.45, 7) is 4.49. The van der Waals surface area contributed by atoms with Gasteiger partial charge in [0.25, 0.3) is 0 Å². The van der Waals surface area contributed by atoms with Gasteiger partial charge in [-0.1, -0.05) is 23.7 Å². The zero-order valence-electron chi connectivity index (χ0n) is 11.1. The minimum atomic E-state index is 0.217. The zero-order chi connectivity index (χ0) is 13.9. The molecule has 0 saturated carbocycles. The first-order chi connectivity index (χ1) is 9.76. The highest BCUT2D eigenvalue weighted by Crippen LogP contribution is 2.39. The van der Waals surface area contributed by atoms with Gasteiger partial charge in [0.2, 0.25) is 6.79 Å². The van der Waals surface area contributed by atoms with E-state index < -0.39 is 0 Å². The molecule has 0 saturated heterocycles. The number of hydrogen-bond acceptors (Lipinski definition) is 5. The highest BCUT2D eigenvalue weighted by molar-refractivity contribution is 6.32. The molecule has 0 bridgehead atoms. The maximum Gasteiger partial charge on any atom is 0.231 e. The average molecular weight is 295 g/mol. The van der Waals surface area contributed by atoms with Gasteiger partial charge in [-0.05, 0) is 24.2 Å². The Morgan fingerprint density at radius 3 is 3.15 bits per heavy atom. The summed E-state index contributed by atoms with van der Waals surface area (Å²) in [4.78, 5) is 0. The van der Waals surface area contributed by atoms with E-state index in [4.69, 9.17) is 21.1 Å². The lowest BCUT2D eigenvalue weighted by Crippen LogP contribution is -2.11. The summed E-state index contributed by atoms with van der Waals surface area (Å²) in [5.41, 5.74) is 1.91. The first-order valence-electron chi connectivity index (χ1n) is 6.44. The van der Waals surface area contributed by atoms with Gasteiger partial charge in [0, 0.05) is 6.54 Å². The van der Waals surface area contributed by atoms with Gasteiger partial charge >= 0.3 is 0 Å². The van der Waals surface area contributed by atoms with Gasteiger partial charge in [0.1, 0.15) is 0 Å². The molecule has 0 atom stereocenters. The summed E-state index contributed by atoms with van der Waals surface area (Å²) < 4.78 is 12.4. The van der Waals surface area contributed by atoms with Crippen LogP contribution in [-0.4, -0.2) is 28.3 Å². The van der Waals surface area contributed by atoms with Crippen LogP contribution >= 0.6 is 11.6 Å². The third kappa shape index (κ3) is 2.71. The number of nitrogens with one attached hydrogen (secondary N) is 1.